The lowest BCUT2D eigenvalue weighted by atomic mass is 10.0. The molecule has 7 aromatic carbocycles. The highest BCUT2D eigenvalue weighted by molar-refractivity contribution is 6.22. The Morgan fingerprint density at radius 1 is 0.389 bits per heavy atom. The summed E-state index contributed by atoms with van der Waals surface area (Å²) in [7, 11) is 0. The molecule has 4 aromatic heterocycles. The molecule has 0 radical (unpaired) electrons. The zero-order valence-electron chi connectivity index (χ0n) is 28.9. The molecular weight excluding hydrogens is 663 g/mol. The second-order valence-corrected chi connectivity index (χ2v) is 13.4. The zero-order valence-corrected chi connectivity index (χ0v) is 28.9. The molecule has 0 N–H and O–H groups in total. The van der Waals surface area contributed by atoms with Gasteiger partial charge in [0.1, 0.15) is 11.2 Å². The van der Waals surface area contributed by atoms with Crippen LogP contribution in [-0.4, -0.2) is 24.5 Å². The third kappa shape index (κ3) is 4.81. The Kier molecular flexibility index (Phi) is 6.75. The van der Waals surface area contributed by atoms with Crippen molar-refractivity contribution in [2.45, 2.75) is 0 Å². The van der Waals surface area contributed by atoms with E-state index >= 15 is 0 Å². The Balaban J connectivity index is 1.09. The van der Waals surface area contributed by atoms with Gasteiger partial charge in [-0.1, -0.05) is 115 Å². The monoisotopic (exact) mass is 691 g/mol. The number of pyridine rings is 1. The zero-order chi connectivity index (χ0) is 35.6. The summed E-state index contributed by atoms with van der Waals surface area (Å²) in [6.07, 6.45) is 0. The van der Waals surface area contributed by atoms with E-state index in [1.54, 1.807) is 0 Å². The maximum Gasteiger partial charge on any atom is 0.164 e. The van der Waals surface area contributed by atoms with Crippen molar-refractivity contribution >= 4 is 54.6 Å². The molecule has 0 saturated carbocycles. The molecule has 0 saturated heterocycles. The van der Waals surface area contributed by atoms with Crippen LogP contribution < -0.4 is 0 Å². The van der Waals surface area contributed by atoms with Gasteiger partial charge in [-0.15, -0.1) is 0 Å². The van der Waals surface area contributed by atoms with Crippen LogP contribution in [-0.2, 0) is 0 Å². The molecule has 0 spiro atoms. The minimum absolute atomic E-state index is 0.602. The van der Waals surface area contributed by atoms with Crippen molar-refractivity contribution in [3.05, 3.63) is 176 Å². The van der Waals surface area contributed by atoms with Gasteiger partial charge in [0.05, 0.1) is 22.2 Å². The van der Waals surface area contributed by atoms with E-state index in [9.17, 15) is 0 Å². The lowest BCUT2D eigenvalue weighted by molar-refractivity contribution is 0.669. The smallest absolute Gasteiger partial charge is 0.164 e. The standard InChI is InChI=1S/C48H29N5O/c1-3-13-30(14-4-1)44-43-37-19-8-11-21-40(37)53(45(43)36-18-7-10-20-39(36)49-44)34-26-23-32(24-27-34)47-50-46(31-15-5-2-6-16-31)51-48(52-47)33-25-28-42-38(29-33)35-17-9-12-22-41(35)54-42/h1-29H. The molecule has 0 atom stereocenters. The predicted molar refractivity (Wildman–Crippen MR) is 218 cm³/mol. The molecule has 11 rings (SSSR count). The van der Waals surface area contributed by atoms with Crippen molar-refractivity contribution in [2.75, 3.05) is 0 Å². The molecule has 252 valence electrons. The van der Waals surface area contributed by atoms with Gasteiger partial charge in [-0.25, -0.2) is 19.9 Å². The van der Waals surface area contributed by atoms with Crippen LogP contribution in [0, 0.1) is 0 Å². The highest BCUT2D eigenvalue weighted by Crippen LogP contribution is 2.41. The number of hydrogen-bond donors (Lipinski definition) is 0. The molecule has 4 heterocycles. The van der Waals surface area contributed by atoms with E-state index in [1.807, 2.05) is 66.7 Å². The first kappa shape index (κ1) is 30.2. The molecule has 6 heteroatoms. The maximum atomic E-state index is 6.12. The van der Waals surface area contributed by atoms with Crippen molar-refractivity contribution in [2.24, 2.45) is 0 Å². The average Bonchev–Trinajstić information content (AvgIpc) is 3.80. The molecule has 0 aliphatic carbocycles. The van der Waals surface area contributed by atoms with E-state index in [1.165, 1.54) is 0 Å². The van der Waals surface area contributed by atoms with Gasteiger partial charge in [0, 0.05) is 54.9 Å². The molecule has 0 bridgehead atoms. The van der Waals surface area contributed by atoms with Crippen LogP contribution in [0.5, 0.6) is 0 Å². The summed E-state index contributed by atoms with van der Waals surface area (Å²) in [5.41, 5.74) is 10.7. The largest absolute Gasteiger partial charge is 0.456 e. The van der Waals surface area contributed by atoms with E-state index in [0.29, 0.717) is 17.5 Å². The highest BCUT2D eigenvalue weighted by atomic mass is 16.3. The summed E-state index contributed by atoms with van der Waals surface area (Å²) in [5.74, 6) is 1.82. The molecule has 11 aromatic rings. The number of para-hydroxylation sites is 3. The minimum Gasteiger partial charge on any atom is -0.456 e. The third-order valence-electron chi connectivity index (χ3n) is 10.2. The number of furan rings is 1. The van der Waals surface area contributed by atoms with Gasteiger partial charge in [-0.3, -0.25) is 0 Å². The molecule has 6 nitrogen and oxygen atoms in total. The van der Waals surface area contributed by atoms with Gasteiger partial charge in [0.2, 0.25) is 0 Å². The van der Waals surface area contributed by atoms with E-state index in [-0.39, 0.29) is 0 Å². The van der Waals surface area contributed by atoms with Gasteiger partial charge in [0.15, 0.2) is 17.5 Å². The number of fused-ring (bicyclic) bond motifs is 8. The molecule has 54 heavy (non-hydrogen) atoms. The van der Waals surface area contributed by atoms with Crippen LogP contribution in [0.3, 0.4) is 0 Å². The molecule has 0 aliphatic heterocycles. The summed E-state index contributed by atoms with van der Waals surface area (Å²) in [5, 5.41) is 5.48. The summed E-state index contributed by atoms with van der Waals surface area (Å²) >= 11 is 0. The first-order valence-corrected chi connectivity index (χ1v) is 18.0. The Bertz CT molecular complexity index is 3200. The van der Waals surface area contributed by atoms with Crippen LogP contribution in [0.4, 0.5) is 0 Å². The van der Waals surface area contributed by atoms with Crippen molar-refractivity contribution in [1.82, 2.24) is 24.5 Å². The SMILES string of the molecule is c1ccc(-c2nc(-c3ccc(-n4c5ccccc5c5c(-c6ccccc6)nc6ccccc6c54)cc3)nc(-c3ccc4oc5ccccc5c4c3)n2)cc1. The molecule has 0 fully saturated rings. The van der Waals surface area contributed by atoms with Crippen molar-refractivity contribution in [1.29, 1.82) is 0 Å². The lowest BCUT2D eigenvalue weighted by Crippen LogP contribution is -2.00. The fourth-order valence-corrected chi connectivity index (χ4v) is 7.73. The van der Waals surface area contributed by atoms with Crippen LogP contribution in [0.25, 0.3) is 106 Å². The number of aromatic nitrogens is 5. The van der Waals surface area contributed by atoms with Crippen LogP contribution in [0.2, 0.25) is 0 Å². The number of hydrogen-bond acceptors (Lipinski definition) is 5. The maximum absolute atomic E-state index is 6.12. The summed E-state index contributed by atoms with van der Waals surface area (Å²) < 4.78 is 8.48. The average molecular weight is 692 g/mol. The lowest BCUT2D eigenvalue weighted by Gasteiger charge is -2.13. The summed E-state index contributed by atoms with van der Waals surface area (Å²) in [4.78, 5) is 20.3. The van der Waals surface area contributed by atoms with Crippen molar-refractivity contribution in [3.8, 4) is 51.1 Å². The third-order valence-corrected chi connectivity index (χ3v) is 10.2. The second-order valence-electron chi connectivity index (χ2n) is 13.4. The van der Waals surface area contributed by atoms with Crippen molar-refractivity contribution in [3.63, 3.8) is 0 Å². The fourth-order valence-electron chi connectivity index (χ4n) is 7.73. The van der Waals surface area contributed by atoms with Gasteiger partial charge >= 0.3 is 0 Å². The molecule has 0 aliphatic rings. The second kappa shape index (κ2) is 12.1. The quantitative estimate of drug-likeness (QED) is 0.180. The van der Waals surface area contributed by atoms with Gasteiger partial charge < -0.3 is 8.98 Å². The van der Waals surface area contributed by atoms with E-state index in [2.05, 4.69) is 114 Å². The molecule has 0 unspecified atom stereocenters. The van der Waals surface area contributed by atoms with Gasteiger partial charge in [0.25, 0.3) is 0 Å². The van der Waals surface area contributed by atoms with E-state index in [4.69, 9.17) is 24.4 Å². The molecular formula is C48H29N5O. The van der Waals surface area contributed by atoms with Crippen molar-refractivity contribution < 1.29 is 4.42 Å². The first-order valence-electron chi connectivity index (χ1n) is 18.0. The first-order chi connectivity index (χ1) is 26.8. The Morgan fingerprint density at radius 2 is 0.944 bits per heavy atom. The van der Waals surface area contributed by atoms with Crippen LogP contribution in [0.15, 0.2) is 180 Å². The van der Waals surface area contributed by atoms with Gasteiger partial charge in [-0.2, -0.15) is 0 Å². The number of benzene rings is 7. The minimum atomic E-state index is 0.602. The summed E-state index contributed by atoms with van der Waals surface area (Å²) in [6, 6.07) is 60.3. The van der Waals surface area contributed by atoms with Crippen LogP contribution >= 0.6 is 0 Å². The van der Waals surface area contributed by atoms with E-state index in [0.717, 1.165) is 88.3 Å². The highest BCUT2D eigenvalue weighted by Gasteiger charge is 2.21. The topological polar surface area (TPSA) is 69.6 Å². The Morgan fingerprint density at radius 3 is 1.70 bits per heavy atom. The summed E-state index contributed by atoms with van der Waals surface area (Å²) in [6.45, 7) is 0. The van der Waals surface area contributed by atoms with Crippen LogP contribution in [0.1, 0.15) is 0 Å². The van der Waals surface area contributed by atoms with Gasteiger partial charge in [-0.05, 0) is 60.7 Å². The molecule has 0 amide bonds. The van der Waals surface area contributed by atoms with E-state index < -0.39 is 0 Å². The predicted octanol–water partition coefficient (Wildman–Crippen LogP) is 12.1. The fraction of sp³-hybridized carbons (Fsp3) is 0. The normalized spacial score (nSPS) is 11.7. The number of nitrogens with zero attached hydrogens (tertiary/aromatic N) is 5. The Hall–Kier alpha value is -7.44. The number of rotatable bonds is 5. The Labute approximate surface area is 309 Å².